The molecular weight excluding hydrogens is 240 g/mol. The molecule has 0 saturated heterocycles. The van der Waals surface area contributed by atoms with E-state index in [0.29, 0.717) is 17.1 Å². The molecule has 0 atom stereocenters. The Morgan fingerprint density at radius 3 is 2.37 bits per heavy atom. The SMILES string of the molecule is Cc1nn(C)c(C(=O)NC2CCCCCCC2)c1N. The van der Waals surface area contributed by atoms with E-state index < -0.39 is 0 Å². The molecular formula is C14H24N4O. The van der Waals surface area contributed by atoms with E-state index in [4.69, 9.17) is 5.73 Å². The average Bonchev–Trinajstić information content (AvgIpc) is 2.56. The van der Waals surface area contributed by atoms with Gasteiger partial charge in [-0.15, -0.1) is 0 Å². The maximum atomic E-state index is 12.3. The van der Waals surface area contributed by atoms with Crippen LogP contribution in [0.15, 0.2) is 0 Å². The molecule has 0 unspecified atom stereocenters. The Hall–Kier alpha value is -1.52. The van der Waals surface area contributed by atoms with Crippen molar-refractivity contribution in [3.63, 3.8) is 0 Å². The fraction of sp³-hybridized carbons (Fsp3) is 0.714. The molecule has 5 heteroatoms. The van der Waals surface area contributed by atoms with Gasteiger partial charge in [0, 0.05) is 13.1 Å². The molecule has 1 aromatic rings. The summed E-state index contributed by atoms with van der Waals surface area (Å²) < 4.78 is 1.57. The normalized spacial score (nSPS) is 17.8. The zero-order chi connectivity index (χ0) is 13.8. The maximum Gasteiger partial charge on any atom is 0.271 e. The van der Waals surface area contributed by atoms with Gasteiger partial charge in [0.25, 0.3) is 5.91 Å². The number of anilines is 1. The van der Waals surface area contributed by atoms with E-state index in [9.17, 15) is 4.79 Å². The van der Waals surface area contributed by atoms with Gasteiger partial charge in [0.2, 0.25) is 0 Å². The second-order valence-corrected chi connectivity index (χ2v) is 5.49. The molecule has 0 radical (unpaired) electrons. The van der Waals surface area contributed by atoms with Gasteiger partial charge in [0.15, 0.2) is 0 Å². The summed E-state index contributed by atoms with van der Waals surface area (Å²) in [5.74, 6) is -0.0915. The second kappa shape index (κ2) is 6.08. The number of rotatable bonds is 2. The van der Waals surface area contributed by atoms with Crippen LogP contribution in [0, 0.1) is 6.92 Å². The first-order valence-corrected chi connectivity index (χ1v) is 7.19. The zero-order valence-electron chi connectivity index (χ0n) is 11.9. The third kappa shape index (κ3) is 3.28. The molecule has 0 bridgehead atoms. The summed E-state index contributed by atoms with van der Waals surface area (Å²) in [4.78, 5) is 12.3. The zero-order valence-corrected chi connectivity index (χ0v) is 11.9. The highest BCUT2D eigenvalue weighted by Gasteiger charge is 2.21. The summed E-state index contributed by atoms with van der Waals surface area (Å²) in [7, 11) is 1.76. The lowest BCUT2D eigenvalue weighted by Crippen LogP contribution is -2.36. The topological polar surface area (TPSA) is 72.9 Å². The van der Waals surface area contributed by atoms with Crippen molar-refractivity contribution in [2.45, 2.75) is 57.9 Å². The Morgan fingerprint density at radius 1 is 1.26 bits per heavy atom. The molecule has 0 spiro atoms. The first-order chi connectivity index (χ1) is 9.09. The Bertz CT molecular complexity index is 445. The van der Waals surface area contributed by atoms with Gasteiger partial charge in [-0.2, -0.15) is 5.10 Å². The van der Waals surface area contributed by atoms with Crippen LogP contribution in [0.25, 0.3) is 0 Å². The summed E-state index contributed by atoms with van der Waals surface area (Å²) in [6, 6.07) is 0.280. The number of hydrogen-bond acceptors (Lipinski definition) is 3. The molecule has 1 amide bonds. The van der Waals surface area contributed by atoms with Crippen LogP contribution in [0.1, 0.15) is 61.1 Å². The van der Waals surface area contributed by atoms with Gasteiger partial charge < -0.3 is 11.1 Å². The second-order valence-electron chi connectivity index (χ2n) is 5.49. The van der Waals surface area contributed by atoms with E-state index in [2.05, 4.69) is 10.4 Å². The summed E-state index contributed by atoms with van der Waals surface area (Å²) in [5.41, 5.74) is 7.61. The average molecular weight is 264 g/mol. The van der Waals surface area contributed by atoms with Gasteiger partial charge in [-0.3, -0.25) is 9.48 Å². The Kier molecular flexibility index (Phi) is 4.45. The van der Waals surface area contributed by atoms with Crippen molar-refractivity contribution in [3.8, 4) is 0 Å². The van der Waals surface area contributed by atoms with Gasteiger partial charge >= 0.3 is 0 Å². The highest BCUT2D eigenvalue weighted by molar-refractivity contribution is 5.98. The van der Waals surface area contributed by atoms with E-state index in [1.54, 1.807) is 11.7 Å². The van der Waals surface area contributed by atoms with Gasteiger partial charge in [-0.1, -0.05) is 32.1 Å². The lowest BCUT2D eigenvalue weighted by atomic mass is 9.96. The molecule has 1 aliphatic rings. The van der Waals surface area contributed by atoms with Gasteiger partial charge in [-0.05, 0) is 19.8 Å². The van der Waals surface area contributed by atoms with Crippen molar-refractivity contribution in [2.24, 2.45) is 7.05 Å². The van der Waals surface area contributed by atoms with Crippen molar-refractivity contribution in [1.82, 2.24) is 15.1 Å². The number of nitrogen functional groups attached to an aromatic ring is 1. The standard InChI is InChI=1S/C14H24N4O/c1-10-12(15)13(18(2)17-10)14(19)16-11-8-6-4-3-5-7-9-11/h11H,3-9,15H2,1-2H3,(H,16,19). The Labute approximate surface area is 114 Å². The minimum atomic E-state index is -0.0915. The number of amides is 1. The van der Waals surface area contributed by atoms with Gasteiger partial charge in [0.1, 0.15) is 5.69 Å². The van der Waals surface area contributed by atoms with Crippen LogP contribution in [0.5, 0.6) is 0 Å². The maximum absolute atomic E-state index is 12.3. The van der Waals surface area contributed by atoms with Crippen LogP contribution in [0.2, 0.25) is 0 Å². The van der Waals surface area contributed by atoms with E-state index in [-0.39, 0.29) is 11.9 Å². The number of carbonyl (C=O) groups excluding carboxylic acids is 1. The number of nitrogens with one attached hydrogen (secondary N) is 1. The number of nitrogens with two attached hydrogens (primary N) is 1. The van der Waals surface area contributed by atoms with Gasteiger partial charge in [-0.25, -0.2) is 0 Å². The van der Waals surface area contributed by atoms with E-state index in [0.717, 1.165) is 12.8 Å². The number of carbonyl (C=O) groups is 1. The van der Waals surface area contributed by atoms with E-state index in [1.165, 1.54) is 32.1 Å². The molecule has 1 fully saturated rings. The quantitative estimate of drug-likeness (QED) is 0.859. The van der Waals surface area contributed by atoms with E-state index >= 15 is 0 Å². The predicted octanol–water partition coefficient (Wildman–Crippen LogP) is 2.15. The third-order valence-corrected chi connectivity index (χ3v) is 3.92. The molecule has 1 heterocycles. The molecule has 19 heavy (non-hydrogen) atoms. The molecule has 0 aromatic carbocycles. The third-order valence-electron chi connectivity index (χ3n) is 3.92. The largest absolute Gasteiger partial charge is 0.395 e. The van der Waals surface area contributed by atoms with Crippen molar-refractivity contribution in [3.05, 3.63) is 11.4 Å². The summed E-state index contributed by atoms with van der Waals surface area (Å²) in [5, 5.41) is 7.31. The first-order valence-electron chi connectivity index (χ1n) is 7.19. The summed E-state index contributed by atoms with van der Waals surface area (Å²) >= 11 is 0. The molecule has 106 valence electrons. The molecule has 0 aliphatic heterocycles. The Balaban J connectivity index is 2.03. The van der Waals surface area contributed by atoms with Crippen LogP contribution < -0.4 is 11.1 Å². The number of nitrogens with zero attached hydrogens (tertiary/aromatic N) is 2. The molecule has 2 rings (SSSR count). The van der Waals surface area contributed by atoms with Crippen molar-refractivity contribution in [1.29, 1.82) is 0 Å². The van der Waals surface area contributed by atoms with Gasteiger partial charge in [0.05, 0.1) is 11.4 Å². The fourth-order valence-corrected chi connectivity index (χ4v) is 2.80. The molecule has 3 N–H and O–H groups in total. The van der Waals surface area contributed by atoms with Crippen LogP contribution in [-0.4, -0.2) is 21.7 Å². The molecule has 1 aromatic heterocycles. The lowest BCUT2D eigenvalue weighted by Gasteiger charge is -2.21. The monoisotopic (exact) mass is 264 g/mol. The smallest absolute Gasteiger partial charge is 0.271 e. The Morgan fingerprint density at radius 2 is 1.84 bits per heavy atom. The lowest BCUT2D eigenvalue weighted by molar-refractivity contribution is 0.0922. The molecule has 1 aliphatic carbocycles. The predicted molar refractivity (Wildman–Crippen MR) is 75.9 cm³/mol. The fourth-order valence-electron chi connectivity index (χ4n) is 2.80. The highest BCUT2D eigenvalue weighted by atomic mass is 16.2. The van der Waals surface area contributed by atoms with Crippen LogP contribution in [0.4, 0.5) is 5.69 Å². The number of aryl methyl sites for hydroxylation is 2. The van der Waals surface area contributed by atoms with E-state index in [1.807, 2.05) is 6.92 Å². The van der Waals surface area contributed by atoms with Crippen LogP contribution >= 0.6 is 0 Å². The minimum absolute atomic E-state index is 0.0915. The molecule has 1 saturated carbocycles. The summed E-state index contributed by atoms with van der Waals surface area (Å²) in [6.07, 6.45) is 8.42. The van der Waals surface area contributed by atoms with Crippen LogP contribution in [0.3, 0.4) is 0 Å². The first kappa shape index (κ1) is 13.9. The number of hydrogen-bond donors (Lipinski definition) is 2. The van der Waals surface area contributed by atoms with Crippen molar-refractivity contribution >= 4 is 11.6 Å². The number of aromatic nitrogens is 2. The highest BCUT2D eigenvalue weighted by Crippen LogP contribution is 2.19. The van der Waals surface area contributed by atoms with Crippen molar-refractivity contribution < 1.29 is 4.79 Å². The minimum Gasteiger partial charge on any atom is -0.395 e. The molecule has 5 nitrogen and oxygen atoms in total. The van der Waals surface area contributed by atoms with Crippen LogP contribution in [-0.2, 0) is 7.05 Å². The summed E-state index contributed by atoms with van der Waals surface area (Å²) in [6.45, 7) is 1.82. The van der Waals surface area contributed by atoms with Crippen molar-refractivity contribution in [2.75, 3.05) is 5.73 Å².